The lowest BCUT2D eigenvalue weighted by molar-refractivity contribution is 0.141. The number of hydrogen-bond donors (Lipinski definition) is 1. The summed E-state index contributed by atoms with van der Waals surface area (Å²) in [5.74, 6) is 0.619. The van der Waals surface area contributed by atoms with Gasteiger partial charge in [0.2, 0.25) is 0 Å². The SMILES string of the molecule is OCCC1CCCN(Cc2ccc(Cl)nn2)C1. The maximum atomic E-state index is 8.97. The lowest BCUT2D eigenvalue weighted by Gasteiger charge is -2.32. The fourth-order valence-electron chi connectivity index (χ4n) is 2.37. The first-order valence-corrected chi connectivity index (χ1v) is 6.47. The second kappa shape index (κ2) is 6.28. The Morgan fingerprint density at radius 2 is 2.29 bits per heavy atom. The summed E-state index contributed by atoms with van der Waals surface area (Å²) >= 11 is 5.70. The molecule has 1 aromatic rings. The summed E-state index contributed by atoms with van der Waals surface area (Å²) < 4.78 is 0. The van der Waals surface area contributed by atoms with Gasteiger partial charge in [0.05, 0.1) is 5.69 Å². The lowest BCUT2D eigenvalue weighted by atomic mass is 9.95. The fraction of sp³-hybridized carbons (Fsp3) is 0.667. The molecule has 1 aliphatic heterocycles. The van der Waals surface area contributed by atoms with Crippen molar-refractivity contribution in [3.05, 3.63) is 23.0 Å². The van der Waals surface area contributed by atoms with Crippen LogP contribution in [0.3, 0.4) is 0 Å². The van der Waals surface area contributed by atoms with E-state index >= 15 is 0 Å². The van der Waals surface area contributed by atoms with Crippen molar-refractivity contribution >= 4 is 11.6 Å². The molecule has 4 nitrogen and oxygen atoms in total. The highest BCUT2D eigenvalue weighted by molar-refractivity contribution is 6.29. The molecule has 1 aliphatic rings. The highest BCUT2D eigenvalue weighted by Crippen LogP contribution is 2.20. The first kappa shape index (κ1) is 12.7. The predicted octanol–water partition coefficient (Wildman–Crippen LogP) is 1.72. The molecule has 2 heterocycles. The Morgan fingerprint density at radius 1 is 1.41 bits per heavy atom. The van der Waals surface area contributed by atoms with Gasteiger partial charge in [0.25, 0.3) is 0 Å². The van der Waals surface area contributed by atoms with E-state index < -0.39 is 0 Å². The lowest BCUT2D eigenvalue weighted by Crippen LogP contribution is -2.35. The molecule has 1 aromatic heterocycles. The van der Waals surface area contributed by atoms with Gasteiger partial charge in [0.1, 0.15) is 0 Å². The van der Waals surface area contributed by atoms with Gasteiger partial charge in [-0.2, -0.15) is 5.10 Å². The van der Waals surface area contributed by atoms with Crippen molar-refractivity contribution in [3.63, 3.8) is 0 Å². The highest BCUT2D eigenvalue weighted by atomic mass is 35.5. The average molecular weight is 256 g/mol. The molecule has 0 aliphatic carbocycles. The van der Waals surface area contributed by atoms with E-state index in [4.69, 9.17) is 16.7 Å². The zero-order chi connectivity index (χ0) is 12.1. The van der Waals surface area contributed by atoms with E-state index in [1.165, 1.54) is 12.8 Å². The maximum absolute atomic E-state index is 8.97. The number of rotatable bonds is 4. The summed E-state index contributed by atoms with van der Waals surface area (Å²) in [6.45, 7) is 3.27. The minimum atomic E-state index is 0.291. The standard InChI is InChI=1S/C12H18ClN3O/c13-12-4-3-11(14-15-12)9-16-6-1-2-10(8-16)5-7-17/h3-4,10,17H,1-2,5-9H2. The monoisotopic (exact) mass is 255 g/mol. The zero-order valence-corrected chi connectivity index (χ0v) is 10.6. The second-order valence-electron chi connectivity index (χ2n) is 4.60. The summed E-state index contributed by atoms with van der Waals surface area (Å²) in [7, 11) is 0. The number of aliphatic hydroxyl groups is 1. The van der Waals surface area contributed by atoms with Gasteiger partial charge in [0.15, 0.2) is 5.15 Å². The fourth-order valence-corrected chi connectivity index (χ4v) is 2.47. The van der Waals surface area contributed by atoms with E-state index in [1.807, 2.05) is 6.07 Å². The Bertz CT molecular complexity index is 342. The Hall–Kier alpha value is -0.710. The highest BCUT2D eigenvalue weighted by Gasteiger charge is 2.19. The maximum Gasteiger partial charge on any atom is 0.151 e. The van der Waals surface area contributed by atoms with Crippen molar-refractivity contribution in [2.24, 2.45) is 5.92 Å². The largest absolute Gasteiger partial charge is 0.396 e. The van der Waals surface area contributed by atoms with Gasteiger partial charge >= 0.3 is 0 Å². The zero-order valence-electron chi connectivity index (χ0n) is 9.85. The molecule has 0 radical (unpaired) electrons. The minimum absolute atomic E-state index is 0.291. The van der Waals surface area contributed by atoms with Gasteiger partial charge < -0.3 is 5.11 Å². The third kappa shape index (κ3) is 3.91. The Kier molecular flexibility index (Phi) is 4.71. The molecular formula is C12H18ClN3O. The second-order valence-corrected chi connectivity index (χ2v) is 4.99. The van der Waals surface area contributed by atoms with Gasteiger partial charge in [-0.25, -0.2) is 0 Å². The molecule has 0 saturated carbocycles. The van der Waals surface area contributed by atoms with Crippen LogP contribution in [0.5, 0.6) is 0 Å². The van der Waals surface area contributed by atoms with Crippen LogP contribution >= 0.6 is 11.6 Å². The van der Waals surface area contributed by atoms with E-state index in [-0.39, 0.29) is 0 Å². The number of halogens is 1. The van der Waals surface area contributed by atoms with E-state index in [0.29, 0.717) is 17.7 Å². The van der Waals surface area contributed by atoms with Crippen LogP contribution in [0.15, 0.2) is 12.1 Å². The normalized spacial score (nSPS) is 21.6. The topological polar surface area (TPSA) is 49.2 Å². The smallest absolute Gasteiger partial charge is 0.151 e. The van der Waals surface area contributed by atoms with Crippen LogP contribution < -0.4 is 0 Å². The van der Waals surface area contributed by atoms with Crippen LogP contribution in [-0.2, 0) is 6.54 Å². The van der Waals surface area contributed by atoms with Crippen molar-refractivity contribution in [1.29, 1.82) is 0 Å². The van der Waals surface area contributed by atoms with Gasteiger partial charge in [-0.3, -0.25) is 4.90 Å². The molecule has 2 rings (SSSR count). The Morgan fingerprint density at radius 3 is 3.00 bits per heavy atom. The number of piperidine rings is 1. The summed E-state index contributed by atoms with van der Waals surface area (Å²) in [5.41, 5.74) is 0.957. The minimum Gasteiger partial charge on any atom is -0.396 e. The van der Waals surface area contributed by atoms with Crippen LogP contribution in [0, 0.1) is 5.92 Å². The van der Waals surface area contributed by atoms with Crippen molar-refractivity contribution in [2.45, 2.75) is 25.8 Å². The molecular weight excluding hydrogens is 238 g/mol. The third-order valence-corrected chi connectivity index (χ3v) is 3.41. The van der Waals surface area contributed by atoms with E-state index in [9.17, 15) is 0 Å². The van der Waals surface area contributed by atoms with Crippen molar-refractivity contribution in [2.75, 3.05) is 19.7 Å². The Labute approximate surface area is 107 Å². The molecule has 17 heavy (non-hydrogen) atoms. The predicted molar refractivity (Wildman–Crippen MR) is 66.7 cm³/mol. The first-order valence-electron chi connectivity index (χ1n) is 6.09. The molecule has 1 saturated heterocycles. The molecule has 5 heteroatoms. The number of likely N-dealkylation sites (tertiary alicyclic amines) is 1. The molecule has 0 bridgehead atoms. The van der Waals surface area contributed by atoms with E-state index in [1.54, 1.807) is 6.07 Å². The summed E-state index contributed by atoms with van der Waals surface area (Å²) in [6, 6.07) is 3.70. The number of aromatic nitrogens is 2. The quantitative estimate of drug-likeness (QED) is 0.890. The van der Waals surface area contributed by atoms with Gasteiger partial charge in [-0.1, -0.05) is 11.6 Å². The van der Waals surface area contributed by atoms with E-state index in [2.05, 4.69) is 15.1 Å². The van der Waals surface area contributed by atoms with Crippen molar-refractivity contribution in [3.8, 4) is 0 Å². The molecule has 0 aromatic carbocycles. The molecule has 1 N–H and O–H groups in total. The molecule has 1 atom stereocenters. The number of aliphatic hydroxyl groups excluding tert-OH is 1. The molecule has 1 fully saturated rings. The first-order chi connectivity index (χ1) is 8.28. The third-order valence-electron chi connectivity index (χ3n) is 3.21. The van der Waals surface area contributed by atoms with Crippen LogP contribution in [0.25, 0.3) is 0 Å². The van der Waals surface area contributed by atoms with Crippen LogP contribution in [-0.4, -0.2) is 39.9 Å². The van der Waals surface area contributed by atoms with Gasteiger partial charge in [-0.05, 0) is 43.9 Å². The number of nitrogens with zero attached hydrogens (tertiary/aromatic N) is 3. The van der Waals surface area contributed by atoms with Crippen LogP contribution in [0.2, 0.25) is 5.15 Å². The van der Waals surface area contributed by atoms with Gasteiger partial charge in [-0.15, -0.1) is 5.10 Å². The van der Waals surface area contributed by atoms with Crippen molar-refractivity contribution in [1.82, 2.24) is 15.1 Å². The molecule has 1 unspecified atom stereocenters. The molecule has 0 amide bonds. The Balaban J connectivity index is 1.87. The number of hydrogen-bond acceptors (Lipinski definition) is 4. The summed E-state index contributed by atoms with van der Waals surface area (Å²) in [6.07, 6.45) is 3.33. The molecule has 0 spiro atoms. The average Bonchev–Trinajstić information content (AvgIpc) is 2.33. The summed E-state index contributed by atoms with van der Waals surface area (Å²) in [5, 5.41) is 17.3. The van der Waals surface area contributed by atoms with Gasteiger partial charge in [0, 0.05) is 19.7 Å². The van der Waals surface area contributed by atoms with E-state index in [0.717, 1.165) is 31.7 Å². The van der Waals surface area contributed by atoms with Crippen LogP contribution in [0.4, 0.5) is 0 Å². The van der Waals surface area contributed by atoms with Crippen LogP contribution in [0.1, 0.15) is 25.0 Å². The summed E-state index contributed by atoms with van der Waals surface area (Å²) in [4.78, 5) is 2.38. The van der Waals surface area contributed by atoms with Crippen molar-refractivity contribution < 1.29 is 5.11 Å². The molecule has 94 valence electrons.